The Kier molecular flexibility index (Phi) is 7.22. The monoisotopic (exact) mass is 381 g/mol. The summed E-state index contributed by atoms with van der Waals surface area (Å²) in [5.74, 6) is -1.57. The van der Waals surface area contributed by atoms with Gasteiger partial charge in [0, 0.05) is 19.2 Å². The fourth-order valence-electron chi connectivity index (χ4n) is 2.23. The van der Waals surface area contributed by atoms with Crippen LogP contribution in [0.1, 0.15) is 11.1 Å². The van der Waals surface area contributed by atoms with E-state index in [9.17, 15) is 22.8 Å². The van der Waals surface area contributed by atoms with Crippen molar-refractivity contribution >= 4 is 11.9 Å². The van der Waals surface area contributed by atoms with Gasteiger partial charge in [0.15, 0.2) is 6.61 Å². The molecule has 2 rings (SSSR count). The molecule has 0 radical (unpaired) electrons. The highest BCUT2D eigenvalue weighted by molar-refractivity contribution is 5.81. The zero-order valence-corrected chi connectivity index (χ0v) is 14.5. The number of hydrogen-bond acceptors (Lipinski definition) is 4. The lowest BCUT2D eigenvalue weighted by atomic mass is 10.1. The predicted octanol–water partition coefficient (Wildman–Crippen LogP) is 3.17. The first-order valence-electron chi connectivity index (χ1n) is 8.02. The minimum Gasteiger partial charge on any atom is -0.455 e. The molecular weight excluding hydrogens is 363 g/mol. The van der Waals surface area contributed by atoms with Gasteiger partial charge in [-0.15, -0.1) is 0 Å². The smallest absolute Gasteiger partial charge is 0.387 e. The number of rotatable bonds is 8. The fraction of sp³-hybridized carbons (Fsp3) is 0.263. The number of nitrogens with zero attached hydrogens (tertiary/aromatic N) is 1. The number of hydrogen-bond donors (Lipinski definition) is 0. The van der Waals surface area contributed by atoms with Crippen LogP contribution in [0.3, 0.4) is 0 Å². The van der Waals surface area contributed by atoms with Gasteiger partial charge >= 0.3 is 12.6 Å². The quantitative estimate of drug-likeness (QED) is 0.659. The summed E-state index contributed by atoms with van der Waals surface area (Å²) in [5, 5.41) is 0. The summed E-state index contributed by atoms with van der Waals surface area (Å²) in [6.45, 7) is -3.35. The van der Waals surface area contributed by atoms with Crippen molar-refractivity contribution in [2.45, 2.75) is 19.6 Å². The number of amides is 1. The molecule has 0 bridgehead atoms. The highest BCUT2D eigenvalue weighted by Gasteiger charge is 2.14. The lowest BCUT2D eigenvalue weighted by Gasteiger charge is -2.17. The molecule has 0 aromatic heterocycles. The van der Waals surface area contributed by atoms with Gasteiger partial charge < -0.3 is 14.4 Å². The third-order valence-corrected chi connectivity index (χ3v) is 3.64. The Labute approximate surface area is 154 Å². The van der Waals surface area contributed by atoms with E-state index in [1.165, 1.54) is 42.3 Å². The highest BCUT2D eigenvalue weighted by atomic mass is 19.3. The molecule has 0 unspecified atom stereocenters. The summed E-state index contributed by atoms with van der Waals surface area (Å²) >= 11 is 0. The molecule has 0 aliphatic carbocycles. The van der Waals surface area contributed by atoms with Gasteiger partial charge in [-0.3, -0.25) is 9.59 Å². The minimum absolute atomic E-state index is 0.0212. The van der Waals surface area contributed by atoms with E-state index >= 15 is 0 Å². The molecule has 27 heavy (non-hydrogen) atoms. The van der Waals surface area contributed by atoms with Crippen LogP contribution in [0.15, 0.2) is 48.5 Å². The van der Waals surface area contributed by atoms with Crippen molar-refractivity contribution in [2.75, 3.05) is 13.7 Å². The average molecular weight is 381 g/mol. The largest absolute Gasteiger partial charge is 0.455 e. The molecule has 5 nitrogen and oxygen atoms in total. The van der Waals surface area contributed by atoms with Gasteiger partial charge in [-0.2, -0.15) is 8.78 Å². The Bertz CT molecular complexity index is 781. The maximum absolute atomic E-state index is 13.6. The summed E-state index contributed by atoms with van der Waals surface area (Å²) in [6, 6.07) is 11.6. The van der Waals surface area contributed by atoms with Crippen LogP contribution < -0.4 is 4.74 Å². The maximum Gasteiger partial charge on any atom is 0.387 e. The summed E-state index contributed by atoms with van der Waals surface area (Å²) in [4.78, 5) is 25.1. The van der Waals surface area contributed by atoms with Crippen molar-refractivity contribution in [1.29, 1.82) is 0 Å². The van der Waals surface area contributed by atoms with E-state index < -0.39 is 30.9 Å². The normalized spacial score (nSPS) is 10.6. The van der Waals surface area contributed by atoms with Crippen molar-refractivity contribution in [3.8, 4) is 5.75 Å². The molecule has 0 fully saturated rings. The molecule has 144 valence electrons. The molecule has 0 saturated heterocycles. The molecule has 0 N–H and O–H groups in total. The molecular formula is C19H18F3NO4. The van der Waals surface area contributed by atoms with Gasteiger partial charge in [0.25, 0.3) is 5.91 Å². The van der Waals surface area contributed by atoms with Crippen LogP contribution >= 0.6 is 0 Å². The number of benzene rings is 2. The topological polar surface area (TPSA) is 55.8 Å². The Balaban J connectivity index is 1.79. The summed E-state index contributed by atoms with van der Waals surface area (Å²) < 4.78 is 46.9. The predicted molar refractivity (Wildman–Crippen MR) is 90.6 cm³/mol. The summed E-state index contributed by atoms with van der Waals surface area (Å²) in [6.07, 6.45) is -0.126. The van der Waals surface area contributed by atoms with Crippen LogP contribution in [0.5, 0.6) is 5.75 Å². The highest BCUT2D eigenvalue weighted by Crippen LogP contribution is 2.15. The van der Waals surface area contributed by atoms with Crippen LogP contribution in [0.2, 0.25) is 0 Å². The van der Waals surface area contributed by atoms with Crippen molar-refractivity contribution in [2.24, 2.45) is 0 Å². The first-order valence-corrected chi connectivity index (χ1v) is 8.02. The van der Waals surface area contributed by atoms with Crippen molar-refractivity contribution in [3.05, 3.63) is 65.5 Å². The molecule has 0 aliphatic heterocycles. The number of likely N-dealkylation sites (N-methyl/N-ethyl adjacent to an activating group) is 1. The number of esters is 1. The van der Waals surface area contributed by atoms with Gasteiger partial charge in [0.2, 0.25) is 0 Å². The van der Waals surface area contributed by atoms with Crippen molar-refractivity contribution in [3.63, 3.8) is 0 Å². The maximum atomic E-state index is 13.6. The zero-order valence-electron chi connectivity index (χ0n) is 14.5. The van der Waals surface area contributed by atoms with Gasteiger partial charge in [0.05, 0.1) is 6.42 Å². The van der Waals surface area contributed by atoms with Gasteiger partial charge in [-0.25, -0.2) is 4.39 Å². The molecule has 0 aliphatic rings. The average Bonchev–Trinajstić information content (AvgIpc) is 2.62. The van der Waals surface area contributed by atoms with Crippen molar-refractivity contribution < 1.29 is 32.2 Å². The number of carbonyl (C=O) groups is 2. The second-order valence-electron chi connectivity index (χ2n) is 5.70. The fourth-order valence-corrected chi connectivity index (χ4v) is 2.23. The van der Waals surface area contributed by atoms with E-state index in [2.05, 4.69) is 4.74 Å². The number of carbonyl (C=O) groups excluding carboxylic acids is 2. The second-order valence-corrected chi connectivity index (χ2v) is 5.70. The Morgan fingerprint density at radius 3 is 2.37 bits per heavy atom. The zero-order chi connectivity index (χ0) is 19.8. The Morgan fingerprint density at radius 1 is 1.07 bits per heavy atom. The van der Waals surface area contributed by atoms with E-state index in [1.807, 2.05) is 0 Å². The van der Waals surface area contributed by atoms with Crippen LogP contribution in [-0.2, 0) is 27.3 Å². The van der Waals surface area contributed by atoms with E-state index in [4.69, 9.17) is 4.74 Å². The standard InChI is InChI=1S/C19H18F3NO4/c1-23(11-14-4-2-3-5-16(14)20)17(24)12-26-18(25)10-13-6-8-15(9-7-13)27-19(21)22/h2-9,19H,10-12H2,1H3. The number of ether oxygens (including phenoxy) is 2. The Hall–Kier alpha value is -3.03. The lowest BCUT2D eigenvalue weighted by Crippen LogP contribution is -2.31. The molecule has 0 heterocycles. The van der Waals surface area contributed by atoms with E-state index in [-0.39, 0.29) is 18.7 Å². The molecule has 0 spiro atoms. The van der Waals surface area contributed by atoms with Gasteiger partial charge in [0.1, 0.15) is 11.6 Å². The molecule has 0 saturated carbocycles. The lowest BCUT2D eigenvalue weighted by molar-refractivity contribution is -0.151. The third-order valence-electron chi connectivity index (χ3n) is 3.64. The van der Waals surface area contributed by atoms with Crippen LogP contribution in [0.25, 0.3) is 0 Å². The molecule has 1 amide bonds. The summed E-state index contributed by atoms with van der Waals surface area (Å²) in [7, 11) is 1.48. The van der Waals surface area contributed by atoms with E-state index in [1.54, 1.807) is 18.2 Å². The first-order chi connectivity index (χ1) is 12.8. The third kappa shape index (κ3) is 6.65. The molecule has 2 aromatic rings. The molecule has 0 atom stereocenters. The SMILES string of the molecule is CN(Cc1ccccc1F)C(=O)COC(=O)Cc1ccc(OC(F)F)cc1. The van der Waals surface area contributed by atoms with Crippen LogP contribution in [0, 0.1) is 5.82 Å². The molecule has 2 aromatic carbocycles. The van der Waals surface area contributed by atoms with Crippen molar-refractivity contribution in [1.82, 2.24) is 4.90 Å². The Morgan fingerprint density at radius 2 is 1.74 bits per heavy atom. The van der Waals surface area contributed by atoms with Crippen LogP contribution in [-0.4, -0.2) is 37.0 Å². The molecule has 8 heteroatoms. The van der Waals surface area contributed by atoms with E-state index in [0.29, 0.717) is 11.1 Å². The van der Waals surface area contributed by atoms with Gasteiger partial charge in [-0.05, 0) is 23.8 Å². The number of alkyl halides is 2. The first kappa shape index (κ1) is 20.3. The van der Waals surface area contributed by atoms with Gasteiger partial charge in [-0.1, -0.05) is 30.3 Å². The number of halogens is 3. The van der Waals surface area contributed by atoms with E-state index in [0.717, 1.165) is 0 Å². The second kappa shape index (κ2) is 9.61. The summed E-state index contributed by atoms with van der Waals surface area (Å²) in [5.41, 5.74) is 0.875. The minimum atomic E-state index is -2.92. The van der Waals surface area contributed by atoms with Crippen LogP contribution in [0.4, 0.5) is 13.2 Å².